The summed E-state index contributed by atoms with van der Waals surface area (Å²) in [6, 6.07) is 3.73. The fourth-order valence-corrected chi connectivity index (χ4v) is 3.22. The molecule has 1 fully saturated rings. The van der Waals surface area contributed by atoms with Crippen LogP contribution in [0.5, 0.6) is 5.75 Å². The van der Waals surface area contributed by atoms with Crippen molar-refractivity contribution in [2.75, 3.05) is 20.2 Å². The number of carbonyl (C=O) groups is 1. The van der Waals surface area contributed by atoms with E-state index >= 15 is 0 Å². The fourth-order valence-electron chi connectivity index (χ4n) is 3.22. The van der Waals surface area contributed by atoms with Gasteiger partial charge in [-0.05, 0) is 32.4 Å². The molecule has 2 aromatic rings. The number of amides is 1. The van der Waals surface area contributed by atoms with Crippen LogP contribution in [0.1, 0.15) is 37.0 Å². The van der Waals surface area contributed by atoms with Gasteiger partial charge in [0.05, 0.1) is 25.0 Å². The van der Waals surface area contributed by atoms with E-state index in [1.165, 1.54) is 0 Å². The highest BCUT2D eigenvalue weighted by Crippen LogP contribution is 2.24. The molecule has 0 spiro atoms. The molecule has 6 heteroatoms. The van der Waals surface area contributed by atoms with Crippen LogP contribution in [-0.2, 0) is 11.2 Å². The Kier molecular flexibility index (Phi) is 4.26. The minimum atomic E-state index is 0.00426. The minimum absolute atomic E-state index is 0.00426. The topological polar surface area (TPSA) is 56.1 Å². The number of aryl methyl sites for hydroxylation is 1. The van der Waals surface area contributed by atoms with Crippen molar-refractivity contribution in [3.05, 3.63) is 29.7 Å². The van der Waals surface area contributed by atoms with Crippen LogP contribution >= 0.6 is 0 Å². The summed E-state index contributed by atoms with van der Waals surface area (Å²) >= 11 is 0. The highest BCUT2D eigenvalue weighted by molar-refractivity contribution is 5.95. The van der Waals surface area contributed by atoms with Crippen molar-refractivity contribution in [1.29, 1.82) is 0 Å². The Balaban J connectivity index is 2.06. The summed E-state index contributed by atoms with van der Waals surface area (Å²) in [5, 5.41) is 0. The molecule has 2 aromatic heterocycles. The number of fused-ring (bicyclic) bond motifs is 1. The number of morpholine rings is 1. The molecule has 3 rings (SSSR count). The van der Waals surface area contributed by atoms with Crippen molar-refractivity contribution in [2.45, 2.75) is 39.4 Å². The lowest BCUT2D eigenvalue weighted by Crippen LogP contribution is -2.48. The van der Waals surface area contributed by atoms with Gasteiger partial charge in [-0.1, -0.05) is 6.92 Å². The van der Waals surface area contributed by atoms with Gasteiger partial charge in [0.1, 0.15) is 5.69 Å². The highest BCUT2D eigenvalue weighted by Gasteiger charge is 2.30. The van der Waals surface area contributed by atoms with Crippen molar-refractivity contribution in [2.24, 2.45) is 0 Å². The van der Waals surface area contributed by atoms with Crippen LogP contribution in [0, 0.1) is 0 Å². The quantitative estimate of drug-likeness (QED) is 0.870. The summed E-state index contributed by atoms with van der Waals surface area (Å²) in [6.45, 7) is 7.20. The van der Waals surface area contributed by atoms with E-state index in [0.29, 0.717) is 36.6 Å². The van der Waals surface area contributed by atoms with Crippen molar-refractivity contribution in [3.8, 4) is 5.75 Å². The van der Waals surface area contributed by atoms with Gasteiger partial charge in [0.25, 0.3) is 5.91 Å². The lowest BCUT2D eigenvalue weighted by Gasteiger charge is -2.35. The Morgan fingerprint density at radius 2 is 2.09 bits per heavy atom. The Morgan fingerprint density at radius 3 is 2.70 bits per heavy atom. The molecule has 3 heterocycles. The van der Waals surface area contributed by atoms with E-state index in [1.807, 2.05) is 48.4 Å². The number of aromatic nitrogens is 2. The van der Waals surface area contributed by atoms with Gasteiger partial charge < -0.3 is 14.4 Å². The smallest absolute Gasteiger partial charge is 0.272 e. The molecule has 0 aromatic carbocycles. The van der Waals surface area contributed by atoms with Gasteiger partial charge in [-0.2, -0.15) is 0 Å². The molecular formula is C17H23N3O3. The molecule has 6 nitrogen and oxygen atoms in total. The van der Waals surface area contributed by atoms with Crippen molar-refractivity contribution in [3.63, 3.8) is 0 Å². The molecule has 124 valence electrons. The standard InChI is InChI=1S/C17H23N3O3/c1-5-13-15(17(21)19-9-11(2)23-12(3)10-19)20-8-6-7-14(22-4)16(20)18-13/h6-8,11-12H,5,9-10H2,1-4H3. The second-order valence-corrected chi connectivity index (χ2v) is 6.00. The second-order valence-electron chi connectivity index (χ2n) is 6.00. The molecule has 0 bridgehead atoms. The molecule has 1 aliphatic rings. The third-order valence-electron chi connectivity index (χ3n) is 4.15. The third kappa shape index (κ3) is 2.79. The maximum Gasteiger partial charge on any atom is 0.272 e. The van der Waals surface area contributed by atoms with Gasteiger partial charge in [-0.3, -0.25) is 9.20 Å². The van der Waals surface area contributed by atoms with E-state index in [0.717, 1.165) is 5.69 Å². The lowest BCUT2D eigenvalue weighted by atomic mass is 10.2. The number of rotatable bonds is 3. The van der Waals surface area contributed by atoms with Gasteiger partial charge in [0.2, 0.25) is 0 Å². The number of methoxy groups -OCH3 is 1. The van der Waals surface area contributed by atoms with Crippen LogP contribution in [-0.4, -0.2) is 52.6 Å². The zero-order chi connectivity index (χ0) is 16.6. The molecule has 1 aliphatic heterocycles. The zero-order valence-electron chi connectivity index (χ0n) is 14.1. The summed E-state index contributed by atoms with van der Waals surface area (Å²) in [5.74, 6) is 0.676. The molecule has 2 unspecified atom stereocenters. The Bertz CT molecular complexity index is 715. The van der Waals surface area contributed by atoms with Crippen LogP contribution in [0.25, 0.3) is 5.65 Å². The second kappa shape index (κ2) is 6.20. The van der Waals surface area contributed by atoms with E-state index in [2.05, 4.69) is 4.98 Å². The first-order chi connectivity index (χ1) is 11.0. The minimum Gasteiger partial charge on any atom is -0.493 e. The molecule has 23 heavy (non-hydrogen) atoms. The number of nitrogens with zero attached hydrogens (tertiary/aromatic N) is 3. The van der Waals surface area contributed by atoms with E-state index in [-0.39, 0.29) is 18.1 Å². The van der Waals surface area contributed by atoms with Crippen molar-refractivity contribution < 1.29 is 14.3 Å². The first-order valence-corrected chi connectivity index (χ1v) is 8.03. The molecule has 0 N–H and O–H groups in total. The van der Waals surface area contributed by atoms with Gasteiger partial charge in [-0.25, -0.2) is 4.98 Å². The normalized spacial score (nSPS) is 21.7. The molecule has 0 radical (unpaired) electrons. The number of imidazole rings is 1. The SMILES string of the molecule is CCc1nc2c(OC)cccn2c1C(=O)N1CC(C)OC(C)C1. The van der Waals surface area contributed by atoms with E-state index in [1.54, 1.807) is 7.11 Å². The average molecular weight is 317 g/mol. The summed E-state index contributed by atoms with van der Waals surface area (Å²) < 4.78 is 12.9. The predicted octanol–water partition coefficient (Wildman–Crippen LogP) is 2.15. The first kappa shape index (κ1) is 15.8. The van der Waals surface area contributed by atoms with Crippen LogP contribution in [0.4, 0.5) is 0 Å². The predicted molar refractivity (Wildman–Crippen MR) is 87.0 cm³/mol. The Morgan fingerprint density at radius 1 is 1.39 bits per heavy atom. The molecule has 0 saturated carbocycles. The van der Waals surface area contributed by atoms with Gasteiger partial charge in [-0.15, -0.1) is 0 Å². The van der Waals surface area contributed by atoms with Crippen LogP contribution in [0.15, 0.2) is 18.3 Å². The van der Waals surface area contributed by atoms with Crippen LogP contribution in [0.3, 0.4) is 0 Å². The monoisotopic (exact) mass is 317 g/mol. The maximum atomic E-state index is 13.1. The van der Waals surface area contributed by atoms with Gasteiger partial charge in [0, 0.05) is 19.3 Å². The number of carbonyl (C=O) groups excluding carboxylic acids is 1. The molecule has 1 amide bonds. The van der Waals surface area contributed by atoms with Crippen molar-refractivity contribution in [1.82, 2.24) is 14.3 Å². The van der Waals surface area contributed by atoms with Gasteiger partial charge >= 0.3 is 0 Å². The summed E-state index contributed by atoms with van der Waals surface area (Å²) in [4.78, 5) is 19.6. The lowest BCUT2D eigenvalue weighted by molar-refractivity contribution is -0.0587. The van der Waals surface area contributed by atoms with Gasteiger partial charge in [0.15, 0.2) is 11.4 Å². The molecule has 2 atom stereocenters. The fraction of sp³-hybridized carbons (Fsp3) is 0.529. The summed E-state index contributed by atoms with van der Waals surface area (Å²) in [5.41, 5.74) is 2.11. The Hall–Kier alpha value is -2.08. The summed E-state index contributed by atoms with van der Waals surface area (Å²) in [7, 11) is 1.61. The van der Waals surface area contributed by atoms with Crippen molar-refractivity contribution >= 4 is 11.6 Å². The van der Waals surface area contributed by atoms with E-state index in [4.69, 9.17) is 9.47 Å². The third-order valence-corrected chi connectivity index (χ3v) is 4.15. The molecule has 0 aliphatic carbocycles. The highest BCUT2D eigenvalue weighted by atomic mass is 16.5. The molecule has 1 saturated heterocycles. The average Bonchev–Trinajstić information content (AvgIpc) is 2.91. The Labute approximate surface area is 136 Å². The largest absolute Gasteiger partial charge is 0.493 e. The first-order valence-electron chi connectivity index (χ1n) is 8.03. The van der Waals surface area contributed by atoms with E-state index in [9.17, 15) is 4.79 Å². The van der Waals surface area contributed by atoms with Crippen LogP contribution < -0.4 is 4.74 Å². The summed E-state index contributed by atoms with van der Waals surface area (Å²) in [6.07, 6.45) is 2.65. The number of hydrogen-bond donors (Lipinski definition) is 0. The number of hydrogen-bond acceptors (Lipinski definition) is 4. The number of pyridine rings is 1. The molecular weight excluding hydrogens is 294 g/mol. The maximum absolute atomic E-state index is 13.1. The number of ether oxygens (including phenoxy) is 2. The zero-order valence-corrected chi connectivity index (χ0v) is 14.1. The van der Waals surface area contributed by atoms with E-state index < -0.39 is 0 Å². The van der Waals surface area contributed by atoms with Crippen LogP contribution in [0.2, 0.25) is 0 Å².